The quantitative estimate of drug-likeness (QED) is 0.612. The number of ether oxygens (including phenoxy) is 1. The average molecular weight is 259 g/mol. The van der Waals surface area contributed by atoms with Crippen molar-refractivity contribution in [3.05, 3.63) is 0 Å². The smallest absolute Gasteiger partial charge is 0.467 e. The molecule has 1 atom stereocenters. The second-order valence-corrected chi connectivity index (χ2v) is 3.97. The van der Waals surface area contributed by atoms with Crippen molar-refractivity contribution >= 4 is 11.9 Å². The highest BCUT2D eigenvalue weighted by molar-refractivity contribution is 5.87. The van der Waals surface area contributed by atoms with Crippen molar-refractivity contribution in [1.29, 1.82) is 0 Å². The van der Waals surface area contributed by atoms with Crippen molar-refractivity contribution in [3.63, 3.8) is 0 Å². The predicted octanol–water partition coefficient (Wildman–Crippen LogP) is 1.34. The van der Waals surface area contributed by atoms with E-state index in [-0.39, 0.29) is 0 Å². The molecule has 0 spiro atoms. The maximum absolute atomic E-state index is 13.2. The van der Waals surface area contributed by atoms with E-state index >= 15 is 0 Å². The van der Waals surface area contributed by atoms with Crippen LogP contribution in [0.1, 0.15) is 20.3 Å². The summed E-state index contributed by atoms with van der Waals surface area (Å²) >= 11 is 0. The van der Waals surface area contributed by atoms with E-state index in [0.717, 1.165) is 21.0 Å². The van der Waals surface area contributed by atoms with Crippen LogP contribution in [0.5, 0.6) is 0 Å². The first-order chi connectivity index (χ1) is 7.47. The molecule has 0 aliphatic rings. The van der Waals surface area contributed by atoms with Gasteiger partial charge < -0.3 is 10.1 Å². The molecule has 0 rings (SSSR count). The number of esters is 1. The number of halogens is 4. The second-order valence-electron chi connectivity index (χ2n) is 3.97. The minimum absolute atomic E-state index is 0.610. The van der Waals surface area contributed by atoms with Crippen LogP contribution in [0.15, 0.2) is 0 Å². The van der Waals surface area contributed by atoms with Gasteiger partial charge in [-0.15, -0.1) is 0 Å². The normalized spacial score (nSPS) is 14.1. The van der Waals surface area contributed by atoms with E-state index in [1.807, 2.05) is 0 Å². The van der Waals surface area contributed by atoms with Crippen molar-refractivity contribution in [2.75, 3.05) is 7.11 Å². The lowest BCUT2D eigenvalue weighted by Gasteiger charge is -2.22. The Morgan fingerprint density at radius 1 is 1.24 bits per heavy atom. The molecule has 0 aliphatic carbocycles. The zero-order valence-electron chi connectivity index (χ0n) is 9.52. The number of alkyl halides is 4. The largest absolute Gasteiger partial charge is 0.471 e. The van der Waals surface area contributed by atoms with Crippen LogP contribution in [-0.2, 0) is 14.3 Å². The van der Waals surface area contributed by atoms with Gasteiger partial charge in [0.2, 0.25) is 0 Å². The van der Waals surface area contributed by atoms with Gasteiger partial charge in [0.25, 0.3) is 0 Å². The second kappa shape index (κ2) is 5.33. The molecular formula is C9H13F4NO3. The summed E-state index contributed by atoms with van der Waals surface area (Å²) in [5.74, 6) is -3.44. The van der Waals surface area contributed by atoms with Gasteiger partial charge in [-0.25, -0.2) is 9.18 Å². The maximum atomic E-state index is 13.2. The number of amides is 1. The Bertz CT molecular complexity index is 296. The summed E-state index contributed by atoms with van der Waals surface area (Å²) in [7, 11) is 0.931. The summed E-state index contributed by atoms with van der Waals surface area (Å²) < 4.78 is 53.3. The fraction of sp³-hybridized carbons (Fsp3) is 0.778. The highest BCUT2D eigenvalue weighted by Gasteiger charge is 2.42. The SMILES string of the molecule is COC(=O)[C@H](CC(C)(C)F)NC(=O)C(F)(F)F. The maximum Gasteiger partial charge on any atom is 0.471 e. The Hall–Kier alpha value is -1.34. The third-order valence-electron chi connectivity index (χ3n) is 1.74. The van der Waals surface area contributed by atoms with Gasteiger partial charge in [-0.3, -0.25) is 4.79 Å². The van der Waals surface area contributed by atoms with Crippen LogP contribution in [0.25, 0.3) is 0 Å². The van der Waals surface area contributed by atoms with Crippen molar-refractivity contribution in [2.45, 2.75) is 38.2 Å². The standard InChI is InChI=1S/C9H13F4NO3/c1-8(2,10)4-5(6(15)17-3)14-7(16)9(11,12)13/h5H,4H2,1-3H3,(H,14,16)/t5-/m0/s1. The van der Waals surface area contributed by atoms with Crippen molar-refractivity contribution in [2.24, 2.45) is 0 Å². The van der Waals surface area contributed by atoms with Crippen LogP contribution in [0.3, 0.4) is 0 Å². The molecule has 0 aromatic rings. The van der Waals surface area contributed by atoms with E-state index in [1.165, 1.54) is 5.32 Å². The fourth-order valence-corrected chi connectivity index (χ4v) is 1.06. The van der Waals surface area contributed by atoms with E-state index in [0.29, 0.717) is 0 Å². The van der Waals surface area contributed by atoms with Crippen LogP contribution in [-0.4, -0.2) is 36.9 Å². The van der Waals surface area contributed by atoms with Crippen LogP contribution < -0.4 is 5.32 Å². The molecular weight excluding hydrogens is 246 g/mol. The number of hydrogen-bond donors (Lipinski definition) is 1. The molecule has 0 aromatic heterocycles. The molecule has 0 unspecified atom stereocenters. The lowest BCUT2D eigenvalue weighted by Crippen LogP contribution is -2.49. The number of nitrogens with one attached hydrogen (secondary N) is 1. The molecule has 0 saturated heterocycles. The fourth-order valence-electron chi connectivity index (χ4n) is 1.06. The minimum Gasteiger partial charge on any atom is -0.467 e. The Kier molecular flexibility index (Phi) is 4.91. The first-order valence-electron chi connectivity index (χ1n) is 4.62. The number of hydrogen-bond acceptors (Lipinski definition) is 3. The van der Waals surface area contributed by atoms with E-state index < -0.39 is 36.2 Å². The molecule has 8 heteroatoms. The van der Waals surface area contributed by atoms with Gasteiger partial charge in [-0.1, -0.05) is 0 Å². The highest BCUT2D eigenvalue weighted by atomic mass is 19.4. The molecule has 0 bridgehead atoms. The van der Waals surface area contributed by atoms with Gasteiger partial charge >= 0.3 is 18.1 Å². The third-order valence-corrected chi connectivity index (χ3v) is 1.74. The van der Waals surface area contributed by atoms with E-state index in [1.54, 1.807) is 0 Å². The number of carbonyl (C=O) groups excluding carboxylic acids is 2. The van der Waals surface area contributed by atoms with Gasteiger partial charge in [-0.05, 0) is 13.8 Å². The molecule has 1 amide bonds. The Labute approximate surface area is 95.3 Å². The molecule has 100 valence electrons. The molecule has 0 radical (unpaired) electrons. The van der Waals surface area contributed by atoms with Crippen molar-refractivity contribution < 1.29 is 31.9 Å². The minimum atomic E-state index is -5.13. The number of rotatable bonds is 4. The van der Waals surface area contributed by atoms with Crippen LogP contribution in [0.2, 0.25) is 0 Å². The number of methoxy groups -OCH3 is 1. The first-order valence-corrected chi connectivity index (χ1v) is 4.62. The molecule has 4 nitrogen and oxygen atoms in total. The highest BCUT2D eigenvalue weighted by Crippen LogP contribution is 2.19. The molecule has 0 aliphatic heterocycles. The van der Waals surface area contributed by atoms with Crippen LogP contribution in [0, 0.1) is 0 Å². The van der Waals surface area contributed by atoms with E-state index in [2.05, 4.69) is 4.74 Å². The van der Waals surface area contributed by atoms with Gasteiger partial charge in [0.15, 0.2) is 0 Å². The van der Waals surface area contributed by atoms with Crippen molar-refractivity contribution in [1.82, 2.24) is 5.32 Å². The Morgan fingerprint density at radius 3 is 2.00 bits per heavy atom. The van der Waals surface area contributed by atoms with Gasteiger partial charge in [-0.2, -0.15) is 13.2 Å². The summed E-state index contributed by atoms with van der Waals surface area (Å²) in [6, 6.07) is -1.67. The lowest BCUT2D eigenvalue weighted by atomic mass is 10.0. The van der Waals surface area contributed by atoms with Crippen LogP contribution in [0.4, 0.5) is 17.6 Å². The zero-order valence-corrected chi connectivity index (χ0v) is 9.52. The molecule has 0 heterocycles. The Morgan fingerprint density at radius 2 is 1.71 bits per heavy atom. The molecule has 17 heavy (non-hydrogen) atoms. The summed E-state index contributed by atoms with van der Waals surface area (Å²) in [5.41, 5.74) is -1.92. The predicted molar refractivity (Wildman–Crippen MR) is 49.8 cm³/mol. The van der Waals surface area contributed by atoms with E-state index in [4.69, 9.17) is 0 Å². The first kappa shape index (κ1) is 15.7. The van der Waals surface area contributed by atoms with E-state index in [9.17, 15) is 27.2 Å². The molecule has 0 saturated carbocycles. The summed E-state index contributed by atoms with van der Waals surface area (Å²) in [6.07, 6.45) is -5.74. The summed E-state index contributed by atoms with van der Waals surface area (Å²) in [6.45, 7) is 2.14. The monoisotopic (exact) mass is 259 g/mol. The van der Waals surface area contributed by atoms with Gasteiger partial charge in [0.05, 0.1) is 7.11 Å². The number of carbonyl (C=O) groups is 2. The molecule has 1 N–H and O–H groups in total. The zero-order chi connectivity index (χ0) is 13.9. The molecule has 0 fully saturated rings. The Balaban J connectivity index is 4.73. The van der Waals surface area contributed by atoms with Gasteiger partial charge in [0, 0.05) is 6.42 Å². The average Bonchev–Trinajstić information content (AvgIpc) is 2.11. The van der Waals surface area contributed by atoms with Crippen LogP contribution >= 0.6 is 0 Å². The molecule has 0 aromatic carbocycles. The van der Waals surface area contributed by atoms with Crippen molar-refractivity contribution in [3.8, 4) is 0 Å². The summed E-state index contributed by atoms with van der Waals surface area (Å²) in [5, 5.41) is 1.39. The third kappa shape index (κ3) is 6.08. The van der Waals surface area contributed by atoms with Gasteiger partial charge in [0.1, 0.15) is 11.7 Å². The topological polar surface area (TPSA) is 55.4 Å². The summed E-state index contributed by atoms with van der Waals surface area (Å²) in [4.78, 5) is 21.7. The lowest BCUT2D eigenvalue weighted by molar-refractivity contribution is -0.176.